The van der Waals surface area contributed by atoms with Crippen molar-refractivity contribution >= 4 is 42.4 Å². The molecular formula is C16H12FN3O3S. The highest BCUT2D eigenvalue weighted by molar-refractivity contribution is 7.91. The first-order valence-corrected chi connectivity index (χ1v) is 8.92. The Morgan fingerprint density at radius 2 is 1.96 bits per heavy atom. The van der Waals surface area contributed by atoms with Gasteiger partial charge in [-0.2, -0.15) is 0 Å². The summed E-state index contributed by atoms with van der Waals surface area (Å²) in [5.74, 6) is -0.582. The predicted molar refractivity (Wildman–Crippen MR) is 89.4 cm³/mol. The number of benzene rings is 2. The Hall–Kier alpha value is -2.74. The number of imidazole rings is 1. The lowest BCUT2D eigenvalue weighted by Gasteiger charge is -2.05. The lowest BCUT2D eigenvalue weighted by atomic mass is 10.0. The van der Waals surface area contributed by atoms with E-state index < -0.39 is 15.7 Å². The first-order valence-electron chi connectivity index (χ1n) is 7.27. The van der Waals surface area contributed by atoms with Crippen molar-refractivity contribution in [3.8, 4) is 0 Å². The van der Waals surface area contributed by atoms with Crippen LogP contribution in [0.15, 0.2) is 40.4 Å². The van der Waals surface area contributed by atoms with Gasteiger partial charge >= 0.3 is 0 Å². The number of hydrogen-bond acceptors (Lipinski definition) is 4. The third-order valence-electron chi connectivity index (χ3n) is 4.09. The van der Waals surface area contributed by atoms with Crippen LogP contribution in [0.3, 0.4) is 0 Å². The molecule has 0 saturated carbocycles. The zero-order valence-electron chi connectivity index (χ0n) is 12.6. The van der Waals surface area contributed by atoms with E-state index in [1.807, 2.05) is 0 Å². The average molecular weight is 345 g/mol. The Morgan fingerprint density at radius 3 is 2.71 bits per heavy atom. The Balaban J connectivity index is 2.33. The van der Waals surface area contributed by atoms with Gasteiger partial charge in [-0.3, -0.25) is 4.79 Å². The summed E-state index contributed by atoms with van der Waals surface area (Å²) in [6, 6.07) is 5.66. The van der Waals surface area contributed by atoms with Crippen molar-refractivity contribution in [3.05, 3.63) is 46.6 Å². The minimum atomic E-state index is -3.54. The molecule has 2 aromatic heterocycles. The molecule has 4 rings (SSSR count). The summed E-state index contributed by atoms with van der Waals surface area (Å²) >= 11 is 0. The number of nitrogens with one attached hydrogen (secondary N) is 2. The topological polar surface area (TPSA) is 95.7 Å². The van der Waals surface area contributed by atoms with Gasteiger partial charge < -0.3 is 9.97 Å². The molecule has 8 heteroatoms. The summed E-state index contributed by atoms with van der Waals surface area (Å²) < 4.78 is 38.0. The van der Waals surface area contributed by atoms with Gasteiger partial charge in [0, 0.05) is 22.4 Å². The fraction of sp³-hybridized carbons (Fsp3) is 0.125. The summed E-state index contributed by atoms with van der Waals surface area (Å²) in [6.07, 6.45) is 1.46. The summed E-state index contributed by atoms with van der Waals surface area (Å²) in [6.45, 7) is 1.53. The highest BCUT2D eigenvalue weighted by Crippen LogP contribution is 2.32. The van der Waals surface area contributed by atoms with Crippen LogP contribution in [0.1, 0.15) is 6.92 Å². The molecule has 0 aliphatic heterocycles. The van der Waals surface area contributed by atoms with Crippen molar-refractivity contribution in [2.45, 2.75) is 12.1 Å². The second kappa shape index (κ2) is 4.88. The number of hydrogen-bond donors (Lipinski definition) is 2. The molecule has 0 bridgehead atoms. The van der Waals surface area contributed by atoms with Crippen LogP contribution >= 0.6 is 0 Å². The van der Waals surface area contributed by atoms with Crippen LogP contribution in [-0.2, 0) is 9.84 Å². The molecule has 0 amide bonds. The Kier molecular flexibility index (Phi) is 3.01. The third-order valence-corrected chi connectivity index (χ3v) is 5.64. The maximum absolute atomic E-state index is 13.7. The molecular weight excluding hydrogens is 333 g/mol. The minimum absolute atomic E-state index is 0.0993. The summed E-state index contributed by atoms with van der Waals surface area (Å²) in [7, 11) is -3.54. The van der Waals surface area contributed by atoms with Gasteiger partial charge in [-0.15, -0.1) is 0 Å². The second-order valence-corrected chi connectivity index (χ2v) is 7.65. The van der Waals surface area contributed by atoms with Crippen molar-refractivity contribution in [2.75, 3.05) is 5.75 Å². The molecule has 6 nitrogen and oxygen atoms in total. The van der Waals surface area contributed by atoms with Crippen LogP contribution < -0.4 is 5.56 Å². The molecule has 24 heavy (non-hydrogen) atoms. The third kappa shape index (κ3) is 1.96. The monoisotopic (exact) mass is 345 g/mol. The number of nitrogens with zero attached hydrogens (tertiary/aromatic N) is 1. The molecule has 0 fully saturated rings. The molecule has 2 heterocycles. The zero-order chi connectivity index (χ0) is 17.1. The molecule has 2 N–H and O–H groups in total. The van der Waals surface area contributed by atoms with Gasteiger partial charge in [0.05, 0.1) is 22.2 Å². The lowest BCUT2D eigenvalue weighted by molar-refractivity contribution is 0.590. The zero-order valence-corrected chi connectivity index (χ0v) is 13.4. The van der Waals surface area contributed by atoms with Gasteiger partial charge in [-0.25, -0.2) is 17.8 Å². The first-order chi connectivity index (χ1) is 11.4. The Morgan fingerprint density at radius 1 is 1.17 bits per heavy atom. The van der Waals surface area contributed by atoms with Gasteiger partial charge in [0.15, 0.2) is 0 Å². The van der Waals surface area contributed by atoms with Crippen molar-refractivity contribution in [1.82, 2.24) is 15.0 Å². The number of fused-ring (bicyclic) bond motifs is 6. The molecule has 2 aromatic carbocycles. The van der Waals surface area contributed by atoms with Crippen LogP contribution in [0.4, 0.5) is 4.39 Å². The summed E-state index contributed by atoms with van der Waals surface area (Å²) in [5, 5.41) is 1.55. The number of rotatable bonds is 2. The van der Waals surface area contributed by atoms with Gasteiger partial charge in [0.1, 0.15) is 5.82 Å². The van der Waals surface area contributed by atoms with Gasteiger partial charge in [-0.1, -0.05) is 6.92 Å². The molecule has 0 aliphatic rings. The second-order valence-electron chi connectivity index (χ2n) is 5.45. The van der Waals surface area contributed by atoms with Crippen LogP contribution in [0.25, 0.3) is 32.6 Å². The molecule has 0 radical (unpaired) electrons. The van der Waals surface area contributed by atoms with E-state index in [0.29, 0.717) is 32.6 Å². The van der Waals surface area contributed by atoms with Crippen LogP contribution in [0, 0.1) is 5.82 Å². The molecule has 0 aliphatic carbocycles. The quantitative estimate of drug-likeness (QED) is 0.546. The average Bonchev–Trinajstić information content (AvgIpc) is 3.01. The molecule has 0 spiro atoms. The maximum Gasteiger partial charge on any atom is 0.256 e. The molecule has 0 atom stereocenters. The van der Waals surface area contributed by atoms with Gasteiger partial charge in [0.25, 0.3) is 5.56 Å². The number of aromatic amines is 2. The molecule has 4 aromatic rings. The Labute approximate surface area is 135 Å². The fourth-order valence-corrected chi connectivity index (χ4v) is 3.67. The number of pyridine rings is 1. The van der Waals surface area contributed by atoms with E-state index in [2.05, 4.69) is 15.0 Å². The van der Waals surface area contributed by atoms with Crippen LogP contribution in [0.2, 0.25) is 0 Å². The predicted octanol–water partition coefficient (Wildman–Crippen LogP) is 2.49. The fourth-order valence-electron chi connectivity index (χ4n) is 2.91. The van der Waals surface area contributed by atoms with Gasteiger partial charge in [-0.05, 0) is 24.3 Å². The SMILES string of the molecule is CCS(=O)(=O)c1nc2c3ccc(F)cc3c3c(=O)[nH]ccc3c2[nH]1. The van der Waals surface area contributed by atoms with Crippen molar-refractivity contribution < 1.29 is 12.8 Å². The van der Waals surface area contributed by atoms with E-state index in [9.17, 15) is 17.6 Å². The number of aromatic nitrogens is 3. The largest absolute Gasteiger partial charge is 0.329 e. The smallest absolute Gasteiger partial charge is 0.256 e. The van der Waals surface area contributed by atoms with E-state index in [4.69, 9.17) is 0 Å². The van der Waals surface area contributed by atoms with Crippen LogP contribution in [0.5, 0.6) is 0 Å². The first kappa shape index (κ1) is 14.8. The highest BCUT2D eigenvalue weighted by Gasteiger charge is 2.21. The molecule has 0 unspecified atom stereocenters. The minimum Gasteiger partial charge on any atom is -0.329 e. The summed E-state index contributed by atoms with van der Waals surface area (Å²) in [5.41, 5.74) is 0.469. The normalized spacial score (nSPS) is 12.4. The van der Waals surface area contributed by atoms with Crippen molar-refractivity contribution in [1.29, 1.82) is 0 Å². The number of halogens is 1. The maximum atomic E-state index is 13.7. The standard InChI is InChI=1S/C16H12FN3O3S/c1-2-24(22,23)16-19-13-9-4-3-8(17)7-11(9)12-10(14(13)20-16)5-6-18-15(12)21/h3-7H,2H2,1H3,(H,18,21)(H,19,20). The van der Waals surface area contributed by atoms with E-state index in [1.54, 1.807) is 6.07 Å². The van der Waals surface area contributed by atoms with Crippen molar-refractivity contribution in [2.24, 2.45) is 0 Å². The Bertz CT molecular complexity index is 1290. The van der Waals surface area contributed by atoms with E-state index in [1.165, 1.54) is 31.3 Å². The van der Waals surface area contributed by atoms with E-state index in [-0.39, 0.29) is 16.5 Å². The lowest BCUT2D eigenvalue weighted by Crippen LogP contribution is -2.05. The molecule has 0 saturated heterocycles. The van der Waals surface area contributed by atoms with Gasteiger partial charge in [0.2, 0.25) is 15.0 Å². The van der Waals surface area contributed by atoms with E-state index in [0.717, 1.165) is 0 Å². The summed E-state index contributed by atoms with van der Waals surface area (Å²) in [4.78, 5) is 21.9. The molecule has 122 valence electrons. The van der Waals surface area contributed by atoms with E-state index >= 15 is 0 Å². The number of H-pyrrole nitrogens is 2. The highest BCUT2D eigenvalue weighted by atomic mass is 32.2. The number of sulfone groups is 1. The van der Waals surface area contributed by atoms with Crippen molar-refractivity contribution in [3.63, 3.8) is 0 Å². The van der Waals surface area contributed by atoms with Crippen LogP contribution in [-0.4, -0.2) is 29.1 Å².